The van der Waals surface area contributed by atoms with Gasteiger partial charge in [-0.25, -0.2) is 0 Å². The Morgan fingerprint density at radius 3 is 2.19 bits per heavy atom. The van der Waals surface area contributed by atoms with Crippen molar-refractivity contribution in [1.29, 1.82) is 0 Å². The molecule has 1 N–H and O–H groups in total. The summed E-state index contributed by atoms with van der Waals surface area (Å²) in [5, 5.41) is 5.65. The van der Waals surface area contributed by atoms with E-state index in [9.17, 15) is 0 Å². The van der Waals surface area contributed by atoms with Crippen molar-refractivity contribution >= 4 is 27.3 Å². The van der Waals surface area contributed by atoms with Crippen LogP contribution >= 0.6 is 27.3 Å². The Kier molecular flexibility index (Phi) is 11.6. The number of nitrogens with one attached hydrogen (secondary N) is 1. The fourth-order valence-electron chi connectivity index (χ4n) is 2.74. The summed E-state index contributed by atoms with van der Waals surface area (Å²) in [6, 6.07) is 2.79. The number of rotatable bonds is 13. The maximum Gasteiger partial charge on any atom is 0.0314 e. The molecule has 0 aliphatic rings. The van der Waals surface area contributed by atoms with Gasteiger partial charge in [0, 0.05) is 15.4 Å². The average Bonchev–Trinajstić information content (AvgIpc) is 2.89. The Morgan fingerprint density at radius 2 is 1.67 bits per heavy atom. The van der Waals surface area contributed by atoms with Gasteiger partial charge in [-0.3, -0.25) is 0 Å². The molecule has 0 aromatic carbocycles. The van der Waals surface area contributed by atoms with Gasteiger partial charge < -0.3 is 5.32 Å². The zero-order chi connectivity index (χ0) is 15.3. The van der Waals surface area contributed by atoms with Crippen molar-refractivity contribution < 1.29 is 0 Å². The molecule has 1 atom stereocenters. The smallest absolute Gasteiger partial charge is 0.0314 e. The molecule has 0 aliphatic carbocycles. The van der Waals surface area contributed by atoms with Gasteiger partial charge in [0.05, 0.1) is 0 Å². The van der Waals surface area contributed by atoms with Crippen LogP contribution in [0.2, 0.25) is 0 Å². The molecule has 0 bridgehead atoms. The molecule has 1 heterocycles. The number of unbranched alkanes of at least 4 members (excludes halogenated alkanes) is 8. The number of hydrogen-bond acceptors (Lipinski definition) is 2. The van der Waals surface area contributed by atoms with Crippen LogP contribution < -0.4 is 5.32 Å². The van der Waals surface area contributed by atoms with Crippen molar-refractivity contribution in [3.05, 3.63) is 20.8 Å². The lowest BCUT2D eigenvalue weighted by Crippen LogP contribution is -2.27. The van der Waals surface area contributed by atoms with Crippen molar-refractivity contribution in [3.8, 4) is 0 Å². The first-order valence-electron chi connectivity index (χ1n) is 8.67. The summed E-state index contributed by atoms with van der Waals surface area (Å²) in [4.78, 5) is 1.48. The van der Waals surface area contributed by atoms with Gasteiger partial charge in [-0.1, -0.05) is 64.7 Å². The van der Waals surface area contributed by atoms with E-state index in [0.717, 1.165) is 6.42 Å². The van der Waals surface area contributed by atoms with Crippen LogP contribution in [0.25, 0.3) is 0 Å². The molecule has 1 unspecified atom stereocenters. The van der Waals surface area contributed by atoms with E-state index in [2.05, 4.69) is 46.7 Å². The Morgan fingerprint density at radius 1 is 1.05 bits per heavy atom. The van der Waals surface area contributed by atoms with Crippen LogP contribution in [0.5, 0.6) is 0 Å². The van der Waals surface area contributed by atoms with Crippen molar-refractivity contribution in [2.75, 3.05) is 7.05 Å². The fourth-order valence-corrected chi connectivity index (χ4v) is 4.34. The SMILES string of the molecule is CCCCCCCCCCCC(Cc1sccc1Br)NC. The normalized spacial score (nSPS) is 12.7. The summed E-state index contributed by atoms with van der Waals surface area (Å²) >= 11 is 5.50. The fraction of sp³-hybridized carbons (Fsp3) is 0.778. The van der Waals surface area contributed by atoms with Gasteiger partial charge in [0.2, 0.25) is 0 Å². The van der Waals surface area contributed by atoms with Gasteiger partial charge in [-0.2, -0.15) is 0 Å². The Balaban J connectivity index is 2.01. The largest absolute Gasteiger partial charge is 0.317 e. The lowest BCUT2D eigenvalue weighted by molar-refractivity contribution is 0.478. The monoisotopic (exact) mass is 373 g/mol. The quantitative estimate of drug-likeness (QED) is 0.385. The van der Waals surface area contributed by atoms with E-state index in [4.69, 9.17) is 0 Å². The van der Waals surface area contributed by atoms with Crippen LogP contribution in [0.3, 0.4) is 0 Å². The molecular weight excluding hydrogens is 342 g/mol. The summed E-state index contributed by atoms with van der Waals surface area (Å²) in [7, 11) is 2.10. The second-order valence-corrected chi connectivity index (χ2v) is 7.85. The van der Waals surface area contributed by atoms with Gasteiger partial charge in [0.1, 0.15) is 0 Å². The first kappa shape index (κ1) is 19.2. The number of thiophene rings is 1. The summed E-state index contributed by atoms with van der Waals surface area (Å²) in [6.45, 7) is 2.28. The molecule has 0 amide bonds. The third kappa shape index (κ3) is 9.00. The van der Waals surface area contributed by atoms with Gasteiger partial charge in [0.25, 0.3) is 0 Å². The van der Waals surface area contributed by atoms with Crippen LogP contribution in [0, 0.1) is 0 Å². The highest BCUT2D eigenvalue weighted by molar-refractivity contribution is 9.10. The summed E-state index contributed by atoms with van der Waals surface area (Å²) in [5.41, 5.74) is 0. The van der Waals surface area contributed by atoms with E-state index in [-0.39, 0.29) is 0 Å². The van der Waals surface area contributed by atoms with Crippen molar-refractivity contribution in [2.24, 2.45) is 0 Å². The Hall–Kier alpha value is 0.140. The first-order valence-corrected chi connectivity index (χ1v) is 10.3. The maximum absolute atomic E-state index is 3.63. The minimum Gasteiger partial charge on any atom is -0.317 e. The highest BCUT2D eigenvalue weighted by atomic mass is 79.9. The Labute approximate surface area is 144 Å². The highest BCUT2D eigenvalue weighted by Crippen LogP contribution is 2.25. The van der Waals surface area contributed by atoms with Crippen molar-refractivity contribution in [2.45, 2.75) is 83.6 Å². The third-order valence-corrected chi connectivity index (χ3v) is 6.14. The van der Waals surface area contributed by atoms with Gasteiger partial charge in [0.15, 0.2) is 0 Å². The third-order valence-electron chi connectivity index (χ3n) is 4.19. The van der Waals surface area contributed by atoms with Crippen LogP contribution in [-0.2, 0) is 6.42 Å². The summed E-state index contributed by atoms with van der Waals surface area (Å²) in [6.07, 6.45) is 15.2. The zero-order valence-corrected chi connectivity index (χ0v) is 16.2. The van der Waals surface area contributed by atoms with Crippen LogP contribution in [0.1, 0.15) is 76.0 Å². The van der Waals surface area contributed by atoms with Gasteiger partial charge in [-0.05, 0) is 47.3 Å². The number of halogens is 1. The van der Waals surface area contributed by atoms with E-state index in [1.807, 2.05) is 11.3 Å². The second kappa shape index (κ2) is 12.7. The summed E-state index contributed by atoms with van der Waals surface area (Å²) in [5.74, 6) is 0. The molecule has 122 valence electrons. The molecule has 0 saturated heterocycles. The van der Waals surface area contributed by atoms with E-state index < -0.39 is 0 Å². The predicted octanol–water partition coefficient (Wildman–Crippen LogP) is 6.56. The molecule has 1 aromatic heterocycles. The molecule has 0 aliphatic heterocycles. The second-order valence-electron chi connectivity index (χ2n) is 6.00. The Bertz CT molecular complexity index is 351. The average molecular weight is 374 g/mol. The van der Waals surface area contributed by atoms with Gasteiger partial charge >= 0.3 is 0 Å². The molecular formula is C18H32BrNS. The van der Waals surface area contributed by atoms with E-state index >= 15 is 0 Å². The minimum absolute atomic E-state index is 0.629. The lowest BCUT2D eigenvalue weighted by atomic mass is 10.0. The highest BCUT2D eigenvalue weighted by Gasteiger charge is 2.10. The van der Waals surface area contributed by atoms with Crippen molar-refractivity contribution in [1.82, 2.24) is 5.32 Å². The molecule has 1 nitrogen and oxygen atoms in total. The standard InChI is InChI=1S/C18H32BrNS/c1-3-4-5-6-7-8-9-10-11-12-16(20-2)15-18-17(19)13-14-21-18/h13-14,16,20H,3-12,15H2,1-2H3. The molecule has 0 radical (unpaired) electrons. The molecule has 1 rings (SSSR count). The maximum atomic E-state index is 3.63. The molecule has 3 heteroatoms. The number of hydrogen-bond donors (Lipinski definition) is 1. The molecule has 21 heavy (non-hydrogen) atoms. The molecule has 0 spiro atoms. The topological polar surface area (TPSA) is 12.0 Å². The molecule has 0 fully saturated rings. The molecule has 1 aromatic rings. The predicted molar refractivity (Wildman–Crippen MR) is 100 cm³/mol. The van der Waals surface area contributed by atoms with E-state index in [1.165, 1.54) is 73.6 Å². The van der Waals surface area contributed by atoms with Crippen LogP contribution in [-0.4, -0.2) is 13.1 Å². The van der Waals surface area contributed by atoms with E-state index in [1.54, 1.807) is 0 Å². The number of likely N-dealkylation sites (N-methyl/N-ethyl adjacent to an activating group) is 1. The van der Waals surface area contributed by atoms with Gasteiger partial charge in [-0.15, -0.1) is 11.3 Å². The first-order chi connectivity index (χ1) is 10.3. The van der Waals surface area contributed by atoms with Crippen LogP contribution in [0.4, 0.5) is 0 Å². The molecule has 0 saturated carbocycles. The minimum atomic E-state index is 0.629. The zero-order valence-electron chi connectivity index (χ0n) is 13.8. The van der Waals surface area contributed by atoms with Crippen LogP contribution in [0.15, 0.2) is 15.9 Å². The van der Waals surface area contributed by atoms with E-state index in [0.29, 0.717) is 6.04 Å². The lowest BCUT2D eigenvalue weighted by Gasteiger charge is -2.15. The summed E-state index contributed by atoms with van der Waals surface area (Å²) < 4.78 is 1.28. The van der Waals surface area contributed by atoms with Crippen molar-refractivity contribution in [3.63, 3.8) is 0 Å².